The Labute approximate surface area is 113 Å². The number of aliphatic hydroxyl groups excluding tert-OH is 1. The molecule has 0 amide bonds. The van der Waals surface area contributed by atoms with Crippen LogP contribution in [0.2, 0.25) is 0 Å². The lowest BCUT2D eigenvalue weighted by Crippen LogP contribution is -2.41. The number of aromatic amines is 1. The van der Waals surface area contributed by atoms with Gasteiger partial charge in [-0.05, 0) is 31.6 Å². The van der Waals surface area contributed by atoms with Crippen LogP contribution in [0, 0.1) is 12.3 Å². The van der Waals surface area contributed by atoms with Crippen molar-refractivity contribution in [1.82, 2.24) is 14.9 Å². The van der Waals surface area contributed by atoms with Crippen LogP contribution in [-0.2, 0) is 16.6 Å². The van der Waals surface area contributed by atoms with Gasteiger partial charge in [0.25, 0.3) is 0 Å². The summed E-state index contributed by atoms with van der Waals surface area (Å²) in [5.74, 6) is 0. The standard InChI is InChI=1S/C12H21N3O3S/c1-3-12(5-4-6-12)8-13-19(17,18)11-9(2)14-15-10(11)7-16/h13,16H,3-8H2,1-2H3,(H,14,15). The van der Waals surface area contributed by atoms with E-state index in [0.29, 0.717) is 12.2 Å². The van der Waals surface area contributed by atoms with Crippen molar-refractivity contribution in [2.45, 2.75) is 51.0 Å². The van der Waals surface area contributed by atoms with Gasteiger partial charge in [0.05, 0.1) is 12.3 Å². The molecule has 1 saturated carbocycles. The fraction of sp³-hybridized carbons (Fsp3) is 0.750. The number of aryl methyl sites for hydroxylation is 1. The third kappa shape index (κ3) is 2.68. The van der Waals surface area contributed by atoms with Crippen molar-refractivity contribution < 1.29 is 13.5 Å². The zero-order valence-corrected chi connectivity index (χ0v) is 12.2. The highest BCUT2D eigenvalue weighted by Gasteiger charge is 2.36. The summed E-state index contributed by atoms with van der Waals surface area (Å²) < 4.78 is 27.3. The molecule has 2 rings (SSSR count). The molecule has 1 aromatic heterocycles. The van der Waals surface area contributed by atoms with Crippen molar-refractivity contribution in [2.75, 3.05) is 6.54 Å². The highest BCUT2D eigenvalue weighted by atomic mass is 32.2. The van der Waals surface area contributed by atoms with Gasteiger partial charge >= 0.3 is 0 Å². The van der Waals surface area contributed by atoms with Crippen molar-refractivity contribution in [2.24, 2.45) is 5.41 Å². The number of hydrogen-bond acceptors (Lipinski definition) is 4. The second kappa shape index (κ2) is 5.22. The molecule has 6 nitrogen and oxygen atoms in total. The minimum atomic E-state index is -3.61. The molecule has 0 spiro atoms. The van der Waals surface area contributed by atoms with E-state index >= 15 is 0 Å². The molecule has 1 aromatic rings. The van der Waals surface area contributed by atoms with E-state index in [4.69, 9.17) is 5.11 Å². The third-order valence-corrected chi connectivity index (χ3v) is 5.78. The van der Waals surface area contributed by atoms with Crippen LogP contribution in [0.15, 0.2) is 4.90 Å². The molecule has 0 aromatic carbocycles. The maximum Gasteiger partial charge on any atom is 0.244 e. The lowest BCUT2D eigenvalue weighted by molar-refractivity contribution is 0.133. The van der Waals surface area contributed by atoms with E-state index in [2.05, 4.69) is 21.8 Å². The van der Waals surface area contributed by atoms with Crippen LogP contribution < -0.4 is 4.72 Å². The van der Waals surface area contributed by atoms with E-state index in [1.165, 1.54) is 6.42 Å². The van der Waals surface area contributed by atoms with E-state index in [0.717, 1.165) is 19.3 Å². The van der Waals surface area contributed by atoms with Gasteiger partial charge in [-0.3, -0.25) is 5.10 Å². The van der Waals surface area contributed by atoms with Gasteiger partial charge < -0.3 is 5.11 Å². The molecule has 0 saturated heterocycles. The van der Waals surface area contributed by atoms with Gasteiger partial charge in [-0.2, -0.15) is 5.10 Å². The maximum atomic E-state index is 12.3. The Bertz CT molecular complexity index is 541. The highest BCUT2D eigenvalue weighted by molar-refractivity contribution is 7.89. The Hall–Kier alpha value is -0.920. The fourth-order valence-electron chi connectivity index (χ4n) is 2.59. The Morgan fingerprint density at radius 3 is 2.63 bits per heavy atom. The average molecular weight is 287 g/mol. The van der Waals surface area contributed by atoms with Crippen LogP contribution in [0.3, 0.4) is 0 Å². The zero-order chi connectivity index (χ0) is 14.1. The molecule has 0 radical (unpaired) electrons. The van der Waals surface area contributed by atoms with Crippen LogP contribution >= 0.6 is 0 Å². The van der Waals surface area contributed by atoms with Crippen LogP contribution in [0.4, 0.5) is 0 Å². The van der Waals surface area contributed by atoms with E-state index in [1.807, 2.05) is 0 Å². The molecule has 0 atom stereocenters. The topological polar surface area (TPSA) is 95.1 Å². The fourth-order valence-corrected chi connectivity index (χ4v) is 4.10. The van der Waals surface area contributed by atoms with Gasteiger partial charge in [0, 0.05) is 6.54 Å². The van der Waals surface area contributed by atoms with Crippen molar-refractivity contribution in [1.29, 1.82) is 0 Å². The molecule has 7 heteroatoms. The van der Waals surface area contributed by atoms with Crippen molar-refractivity contribution in [3.63, 3.8) is 0 Å². The summed E-state index contributed by atoms with van der Waals surface area (Å²) in [6.07, 6.45) is 4.29. The van der Waals surface area contributed by atoms with Crippen molar-refractivity contribution in [3.05, 3.63) is 11.4 Å². The summed E-state index contributed by atoms with van der Waals surface area (Å²) in [5.41, 5.74) is 0.740. The Balaban J connectivity index is 2.16. The first-order valence-corrected chi connectivity index (χ1v) is 8.07. The minimum Gasteiger partial charge on any atom is -0.390 e. The summed E-state index contributed by atoms with van der Waals surface area (Å²) in [6.45, 7) is 3.80. The smallest absolute Gasteiger partial charge is 0.244 e. The van der Waals surface area contributed by atoms with Crippen LogP contribution in [0.1, 0.15) is 44.0 Å². The number of hydrogen-bond donors (Lipinski definition) is 3. The average Bonchev–Trinajstić information content (AvgIpc) is 2.70. The molecule has 3 N–H and O–H groups in total. The maximum absolute atomic E-state index is 12.3. The first-order valence-electron chi connectivity index (χ1n) is 6.58. The quantitative estimate of drug-likeness (QED) is 0.729. The first kappa shape index (κ1) is 14.5. The highest BCUT2D eigenvalue weighted by Crippen LogP contribution is 2.43. The van der Waals surface area contributed by atoms with Gasteiger partial charge in [0.2, 0.25) is 10.0 Å². The minimum absolute atomic E-state index is 0.0839. The monoisotopic (exact) mass is 287 g/mol. The lowest BCUT2D eigenvalue weighted by Gasteiger charge is -2.41. The Morgan fingerprint density at radius 1 is 1.47 bits per heavy atom. The number of rotatable bonds is 6. The molecule has 1 fully saturated rings. The van der Waals surface area contributed by atoms with Gasteiger partial charge in [-0.25, -0.2) is 13.1 Å². The van der Waals surface area contributed by atoms with E-state index in [1.54, 1.807) is 6.92 Å². The normalized spacial score (nSPS) is 18.3. The molecular weight excluding hydrogens is 266 g/mol. The number of sulfonamides is 1. The van der Waals surface area contributed by atoms with Crippen LogP contribution in [0.25, 0.3) is 0 Å². The Kier molecular flexibility index (Phi) is 3.98. The van der Waals surface area contributed by atoms with E-state index in [9.17, 15) is 8.42 Å². The number of nitrogens with zero attached hydrogens (tertiary/aromatic N) is 1. The number of aliphatic hydroxyl groups is 1. The molecule has 0 aliphatic heterocycles. The molecule has 19 heavy (non-hydrogen) atoms. The van der Waals surface area contributed by atoms with Gasteiger partial charge in [0.1, 0.15) is 10.6 Å². The number of H-pyrrole nitrogens is 1. The predicted octanol–water partition coefficient (Wildman–Crippen LogP) is 1.07. The second-order valence-corrected chi connectivity index (χ2v) is 7.02. The lowest BCUT2D eigenvalue weighted by atomic mass is 9.67. The summed E-state index contributed by atoms with van der Waals surface area (Å²) >= 11 is 0. The number of nitrogens with one attached hydrogen (secondary N) is 2. The summed E-state index contributed by atoms with van der Waals surface area (Å²) in [6, 6.07) is 0. The third-order valence-electron chi connectivity index (χ3n) is 4.18. The molecule has 1 aliphatic rings. The van der Waals surface area contributed by atoms with E-state index in [-0.39, 0.29) is 22.6 Å². The Morgan fingerprint density at radius 2 is 2.16 bits per heavy atom. The van der Waals surface area contributed by atoms with Gasteiger partial charge in [-0.1, -0.05) is 13.3 Å². The van der Waals surface area contributed by atoms with Crippen LogP contribution in [0.5, 0.6) is 0 Å². The molecule has 108 valence electrons. The molecule has 1 aliphatic carbocycles. The SMILES string of the molecule is CCC1(CNS(=O)(=O)c2c(CO)n[nH]c2C)CCC1. The zero-order valence-electron chi connectivity index (χ0n) is 11.4. The van der Waals surface area contributed by atoms with Gasteiger partial charge in [0.15, 0.2) is 0 Å². The largest absolute Gasteiger partial charge is 0.390 e. The van der Waals surface area contributed by atoms with Gasteiger partial charge in [-0.15, -0.1) is 0 Å². The summed E-state index contributed by atoms with van der Waals surface area (Å²) in [4.78, 5) is 0.0839. The second-order valence-electron chi connectivity index (χ2n) is 5.31. The van der Waals surface area contributed by atoms with E-state index < -0.39 is 10.0 Å². The van der Waals surface area contributed by atoms with Crippen LogP contribution in [-0.4, -0.2) is 30.3 Å². The number of aromatic nitrogens is 2. The molecule has 1 heterocycles. The molecular formula is C12H21N3O3S. The summed E-state index contributed by atoms with van der Waals surface area (Å²) in [5, 5.41) is 15.6. The van der Waals surface area contributed by atoms with Crippen molar-refractivity contribution >= 4 is 10.0 Å². The summed E-state index contributed by atoms with van der Waals surface area (Å²) in [7, 11) is -3.61. The van der Waals surface area contributed by atoms with Crippen molar-refractivity contribution in [3.8, 4) is 0 Å². The predicted molar refractivity (Wildman–Crippen MR) is 71.0 cm³/mol. The first-order chi connectivity index (χ1) is 8.94. The molecule has 0 bridgehead atoms. The molecule has 0 unspecified atom stereocenters.